The molecule has 1 amide bonds. The molecule has 1 N–H and O–H groups in total. The number of benzene rings is 2. The number of sulfonamides is 1. The lowest BCUT2D eigenvalue weighted by Crippen LogP contribution is -2.35. The summed E-state index contributed by atoms with van der Waals surface area (Å²) in [5.41, 5.74) is 3.66. The number of amides is 1. The van der Waals surface area contributed by atoms with Gasteiger partial charge in [0.1, 0.15) is 5.75 Å². The molecule has 0 aliphatic carbocycles. The zero-order valence-electron chi connectivity index (χ0n) is 17.2. The summed E-state index contributed by atoms with van der Waals surface area (Å²) in [6.07, 6.45) is 2.86. The maximum atomic E-state index is 12.7. The zero-order chi connectivity index (χ0) is 21.0. The molecule has 0 spiro atoms. The average Bonchev–Trinajstić information content (AvgIpc) is 2.68. The number of piperidine rings is 1. The van der Waals surface area contributed by atoms with E-state index in [0.717, 1.165) is 36.0 Å². The fourth-order valence-electron chi connectivity index (χ4n) is 3.69. The Hall–Kier alpha value is -2.38. The van der Waals surface area contributed by atoms with Crippen LogP contribution in [0.4, 0.5) is 5.69 Å². The average molecular weight is 417 g/mol. The van der Waals surface area contributed by atoms with Gasteiger partial charge < -0.3 is 10.1 Å². The van der Waals surface area contributed by atoms with Crippen molar-refractivity contribution in [2.75, 3.05) is 25.0 Å². The lowest BCUT2D eigenvalue weighted by Gasteiger charge is -2.25. The largest absolute Gasteiger partial charge is 0.483 e. The molecular formula is C22H28N2O4S. The molecule has 0 saturated carbocycles. The Labute approximate surface area is 172 Å². The van der Waals surface area contributed by atoms with E-state index in [9.17, 15) is 13.2 Å². The van der Waals surface area contributed by atoms with Gasteiger partial charge in [0.15, 0.2) is 6.61 Å². The molecule has 7 heteroatoms. The zero-order valence-corrected chi connectivity index (χ0v) is 18.0. The van der Waals surface area contributed by atoms with Crippen molar-refractivity contribution in [3.63, 3.8) is 0 Å². The van der Waals surface area contributed by atoms with E-state index in [1.54, 1.807) is 12.1 Å². The summed E-state index contributed by atoms with van der Waals surface area (Å²) in [5, 5.41) is 2.75. The summed E-state index contributed by atoms with van der Waals surface area (Å²) < 4.78 is 32.6. The molecule has 0 aromatic heterocycles. The minimum atomic E-state index is -3.47. The number of nitrogens with one attached hydrogen (secondary N) is 1. The van der Waals surface area contributed by atoms with Crippen LogP contribution in [0.2, 0.25) is 0 Å². The van der Waals surface area contributed by atoms with E-state index in [-0.39, 0.29) is 17.4 Å². The molecule has 1 saturated heterocycles. The standard InChI is InChI=1S/C22H28N2O4S/c1-16-13-17(2)22(18(3)14-16)28-15-21(25)23-19-7-9-20(10-8-19)29(26,27)24-11-5-4-6-12-24/h7-10,13-14H,4-6,11-12,15H2,1-3H3,(H,23,25). The Morgan fingerprint density at radius 2 is 1.59 bits per heavy atom. The van der Waals surface area contributed by atoms with Crippen molar-refractivity contribution in [3.05, 3.63) is 53.1 Å². The lowest BCUT2D eigenvalue weighted by molar-refractivity contribution is -0.118. The molecule has 0 unspecified atom stereocenters. The van der Waals surface area contributed by atoms with Crippen LogP contribution in [-0.2, 0) is 14.8 Å². The number of carbonyl (C=O) groups excluding carboxylic acids is 1. The van der Waals surface area contributed by atoms with Crippen LogP contribution < -0.4 is 10.1 Å². The van der Waals surface area contributed by atoms with Crippen molar-refractivity contribution in [2.45, 2.75) is 44.9 Å². The molecule has 2 aromatic rings. The van der Waals surface area contributed by atoms with Crippen molar-refractivity contribution >= 4 is 21.6 Å². The third-order valence-electron chi connectivity index (χ3n) is 5.04. The highest BCUT2D eigenvalue weighted by molar-refractivity contribution is 7.89. The fraction of sp³-hybridized carbons (Fsp3) is 0.409. The summed E-state index contributed by atoms with van der Waals surface area (Å²) in [6.45, 7) is 6.94. The normalized spacial score (nSPS) is 15.1. The number of hydrogen-bond acceptors (Lipinski definition) is 4. The highest BCUT2D eigenvalue weighted by Crippen LogP contribution is 2.25. The predicted octanol–water partition coefficient (Wildman–Crippen LogP) is 3.80. The molecule has 29 heavy (non-hydrogen) atoms. The van der Waals surface area contributed by atoms with Gasteiger partial charge in [0.2, 0.25) is 10.0 Å². The second-order valence-electron chi connectivity index (χ2n) is 7.55. The van der Waals surface area contributed by atoms with Crippen molar-refractivity contribution in [1.82, 2.24) is 4.31 Å². The smallest absolute Gasteiger partial charge is 0.262 e. The van der Waals surface area contributed by atoms with Crippen LogP contribution in [0, 0.1) is 20.8 Å². The Morgan fingerprint density at radius 3 is 2.17 bits per heavy atom. The SMILES string of the molecule is Cc1cc(C)c(OCC(=O)Nc2ccc(S(=O)(=O)N3CCCCC3)cc2)c(C)c1. The minimum absolute atomic E-state index is 0.113. The van der Waals surface area contributed by atoms with E-state index >= 15 is 0 Å². The monoisotopic (exact) mass is 416 g/mol. The highest BCUT2D eigenvalue weighted by atomic mass is 32.2. The van der Waals surface area contributed by atoms with Crippen LogP contribution >= 0.6 is 0 Å². The van der Waals surface area contributed by atoms with Crippen LogP contribution in [-0.4, -0.2) is 38.3 Å². The molecule has 0 bridgehead atoms. The van der Waals surface area contributed by atoms with Crippen LogP contribution in [0.25, 0.3) is 0 Å². The van der Waals surface area contributed by atoms with Gasteiger partial charge in [-0.2, -0.15) is 4.31 Å². The molecule has 0 atom stereocenters. The van der Waals surface area contributed by atoms with E-state index in [4.69, 9.17) is 4.74 Å². The van der Waals surface area contributed by atoms with E-state index in [0.29, 0.717) is 24.5 Å². The van der Waals surface area contributed by atoms with E-state index < -0.39 is 10.0 Å². The molecule has 3 rings (SSSR count). The molecule has 6 nitrogen and oxygen atoms in total. The number of aryl methyl sites for hydroxylation is 3. The van der Waals surface area contributed by atoms with Crippen LogP contribution in [0.15, 0.2) is 41.3 Å². The van der Waals surface area contributed by atoms with Crippen LogP contribution in [0.3, 0.4) is 0 Å². The summed E-state index contributed by atoms with van der Waals surface area (Å²) in [7, 11) is -3.47. The third kappa shape index (κ3) is 5.16. The van der Waals surface area contributed by atoms with Gasteiger partial charge >= 0.3 is 0 Å². The summed E-state index contributed by atoms with van der Waals surface area (Å²) in [4.78, 5) is 12.5. The highest BCUT2D eigenvalue weighted by Gasteiger charge is 2.25. The quantitative estimate of drug-likeness (QED) is 0.777. The summed E-state index contributed by atoms with van der Waals surface area (Å²) in [5.74, 6) is 0.421. The summed E-state index contributed by atoms with van der Waals surface area (Å²) in [6, 6.07) is 10.3. The molecule has 156 valence electrons. The first-order valence-electron chi connectivity index (χ1n) is 9.88. The number of anilines is 1. The van der Waals surface area contributed by atoms with Crippen molar-refractivity contribution < 1.29 is 17.9 Å². The van der Waals surface area contributed by atoms with Gasteiger partial charge in [-0.15, -0.1) is 0 Å². The number of nitrogens with zero attached hydrogens (tertiary/aromatic N) is 1. The van der Waals surface area contributed by atoms with Gasteiger partial charge in [-0.05, 0) is 69.0 Å². The molecule has 1 aliphatic heterocycles. The van der Waals surface area contributed by atoms with Crippen molar-refractivity contribution in [1.29, 1.82) is 0 Å². The number of carbonyl (C=O) groups is 1. The number of ether oxygens (including phenoxy) is 1. The first-order valence-corrected chi connectivity index (χ1v) is 11.3. The topological polar surface area (TPSA) is 75.7 Å². The van der Waals surface area contributed by atoms with Gasteiger partial charge in [-0.25, -0.2) is 8.42 Å². The number of rotatable bonds is 6. The Kier molecular flexibility index (Phi) is 6.59. The second kappa shape index (κ2) is 8.97. The number of hydrogen-bond donors (Lipinski definition) is 1. The van der Waals surface area contributed by atoms with E-state index in [1.165, 1.54) is 16.4 Å². The van der Waals surface area contributed by atoms with Crippen molar-refractivity contribution in [3.8, 4) is 5.75 Å². The van der Waals surface area contributed by atoms with Crippen molar-refractivity contribution in [2.24, 2.45) is 0 Å². The van der Waals surface area contributed by atoms with Gasteiger partial charge in [-0.1, -0.05) is 24.1 Å². The molecule has 0 radical (unpaired) electrons. The lowest BCUT2D eigenvalue weighted by atomic mass is 10.1. The maximum absolute atomic E-state index is 12.7. The first kappa shape index (κ1) is 21.3. The van der Waals surface area contributed by atoms with Crippen LogP contribution in [0.5, 0.6) is 5.75 Å². The molecule has 1 heterocycles. The van der Waals surface area contributed by atoms with Gasteiger partial charge in [0.25, 0.3) is 5.91 Å². The van der Waals surface area contributed by atoms with Gasteiger partial charge in [-0.3, -0.25) is 4.79 Å². The molecular weight excluding hydrogens is 388 g/mol. The van der Waals surface area contributed by atoms with E-state index in [1.807, 2.05) is 32.9 Å². The first-order chi connectivity index (χ1) is 13.8. The third-order valence-corrected chi connectivity index (χ3v) is 6.96. The minimum Gasteiger partial charge on any atom is -0.483 e. The van der Waals surface area contributed by atoms with Gasteiger partial charge in [0.05, 0.1) is 4.90 Å². The molecule has 1 fully saturated rings. The Bertz CT molecular complexity index is 955. The predicted molar refractivity (Wildman–Crippen MR) is 114 cm³/mol. The second-order valence-corrected chi connectivity index (χ2v) is 9.49. The Morgan fingerprint density at radius 1 is 1.00 bits per heavy atom. The summed E-state index contributed by atoms with van der Waals surface area (Å²) >= 11 is 0. The maximum Gasteiger partial charge on any atom is 0.262 e. The fourth-order valence-corrected chi connectivity index (χ4v) is 5.21. The van der Waals surface area contributed by atoms with Crippen LogP contribution in [0.1, 0.15) is 36.0 Å². The van der Waals surface area contributed by atoms with E-state index in [2.05, 4.69) is 5.32 Å². The molecule has 2 aromatic carbocycles. The van der Waals surface area contributed by atoms with Gasteiger partial charge in [0, 0.05) is 18.8 Å². The molecule has 1 aliphatic rings. The Balaban J connectivity index is 1.60.